The highest BCUT2D eigenvalue weighted by molar-refractivity contribution is 5.95. The van der Waals surface area contributed by atoms with Crippen molar-refractivity contribution in [2.45, 2.75) is 39.7 Å². The minimum atomic E-state index is -0.471. The van der Waals surface area contributed by atoms with Gasteiger partial charge in [-0.3, -0.25) is 14.9 Å². The van der Waals surface area contributed by atoms with E-state index in [1.54, 1.807) is 19.1 Å². The number of rotatable bonds is 5. The standard InChI is InChI=1S/C13H18N2O3/c1-4-5-10(3)14-13(16)11-7-6-9(2)12(8-11)15(17)18/h6-8,10H,4-5H2,1-3H3,(H,14,16). The Morgan fingerprint density at radius 3 is 2.72 bits per heavy atom. The first kappa shape index (κ1) is 14.2. The van der Waals surface area contributed by atoms with Crippen molar-refractivity contribution < 1.29 is 9.72 Å². The monoisotopic (exact) mass is 250 g/mol. The first-order valence-electron chi connectivity index (χ1n) is 6.01. The van der Waals surface area contributed by atoms with E-state index in [2.05, 4.69) is 5.32 Å². The maximum atomic E-state index is 11.9. The number of hydrogen-bond donors (Lipinski definition) is 1. The smallest absolute Gasteiger partial charge is 0.273 e. The van der Waals surface area contributed by atoms with Crippen LogP contribution in [0.5, 0.6) is 0 Å². The predicted molar refractivity (Wildman–Crippen MR) is 69.7 cm³/mol. The molecule has 1 aromatic rings. The van der Waals surface area contributed by atoms with Crippen LogP contribution >= 0.6 is 0 Å². The van der Waals surface area contributed by atoms with Gasteiger partial charge in [0.05, 0.1) is 4.92 Å². The average Bonchev–Trinajstić information content (AvgIpc) is 2.29. The number of amides is 1. The van der Waals surface area contributed by atoms with Crippen molar-refractivity contribution in [1.29, 1.82) is 0 Å². The molecule has 98 valence electrons. The zero-order valence-electron chi connectivity index (χ0n) is 10.9. The lowest BCUT2D eigenvalue weighted by molar-refractivity contribution is -0.385. The van der Waals surface area contributed by atoms with Crippen LogP contribution in [0.4, 0.5) is 5.69 Å². The molecule has 0 aliphatic carbocycles. The van der Waals surface area contributed by atoms with Gasteiger partial charge >= 0.3 is 0 Å². The number of aryl methyl sites for hydroxylation is 1. The first-order chi connectivity index (χ1) is 8.45. The summed E-state index contributed by atoms with van der Waals surface area (Å²) >= 11 is 0. The van der Waals surface area contributed by atoms with Gasteiger partial charge in [0.1, 0.15) is 0 Å². The summed E-state index contributed by atoms with van der Waals surface area (Å²) in [5.74, 6) is -0.265. The molecule has 0 bridgehead atoms. The third-order valence-corrected chi connectivity index (χ3v) is 2.77. The van der Waals surface area contributed by atoms with Crippen LogP contribution in [0.3, 0.4) is 0 Å². The number of carbonyl (C=O) groups excluding carboxylic acids is 1. The lowest BCUT2D eigenvalue weighted by Gasteiger charge is -2.12. The highest BCUT2D eigenvalue weighted by Gasteiger charge is 2.15. The minimum Gasteiger partial charge on any atom is -0.350 e. The largest absolute Gasteiger partial charge is 0.350 e. The van der Waals surface area contributed by atoms with Crippen LogP contribution in [-0.4, -0.2) is 16.9 Å². The van der Waals surface area contributed by atoms with E-state index < -0.39 is 4.92 Å². The summed E-state index contributed by atoms with van der Waals surface area (Å²) in [6.45, 7) is 5.61. The molecule has 1 N–H and O–H groups in total. The molecule has 0 heterocycles. The van der Waals surface area contributed by atoms with Crippen LogP contribution in [0.2, 0.25) is 0 Å². The second-order valence-corrected chi connectivity index (χ2v) is 4.42. The topological polar surface area (TPSA) is 72.2 Å². The zero-order chi connectivity index (χ0) is 13.7. The molecule has 0 saturated heterocycles. The molecule has 5 heteroatoms. The molecule has 1 unspecified atom stereocenters. The Bertz CT molecular complexity index is 458. The number of nitro groups is 1. The molecule has 0 aliphatic heterocycles. The SMILES string of the molecule is CCCC(C)NC(=O)c1ccc(C)c([N+](=O)[O-])c1. The Labute approximate surface area is 106 Å². The van der Waals surface area contributed by atoms with Crippen molar-refractivity contribution in [2.75, 3.05) is 0 Å². The number of nitrogens with zero attached hydrogens (tertiary/aromatic N) is 1. The van der Waals surface area contributed by atoms with Crippen LogP contribution in [0.1, 0.15) is 42.6 Å². The van der Waals surface area contributed by atoms with Gasteiger partial charge < -0.3 is 5.32 Å². The summed E-state index contributed by atoms with van der Waals surface area (Å²) in [5, 5.41) is 13.6. The van der Waals surface area contributed by atoms with Gasteiger partial charge in [-0.15, -0.1) is 0 Å². The van der Waals surface area contributed by atoms with E-state index in [1.807, 2.05) is 13.8 Å². The van der Waals surface area contributed by atoms with Gasteiger partial charge in [-0.2, -0.15) is 0 Å². The van der Waals surface area contributed by atoms with Gasteiger partial charge in [0, 0.05) is 23.2 Å². The summed E-state index contributed by atoms with van der Waals surface area (Å²) in [6, 6.07) is 4.60. The molecule has 0 radical (unpaired) electrons. The second-order valence-electron chi connectivity index (χ2n) is 4.42. The maximum Gasteiger partial charge on any atom is 0.273 e. The number of nitrogens with one attached hydrogen (secondary N) is 1. The van der Waals surface area contributed by atoms with Crippen LogP contribution in [0, 0.1) is 17.0 Å². The molecule has 1 rings (SSSR count). The van der Waals surface area contributed by atoms with E-state index in [0.29, 0.717) is 11.1 Å². The maximum absolute atomic E-state index is 11.9. The van der Waals surface area contributed by atoms with Gasteiger partial charge in [0.2, 0.25) is 0 Å². The highest BCUT2D eigenvalue weighted by Crippen LogP contribution is 2.19. The van der Waals surface area contributed by atoms with Gasteiger partial charge in [0.25, 0.3) is 11.6 Å². The van der Waals surface area contributed by atoms with Crippen molar-refractivity contribution in [3.63, 3.8) is 0 Å². The minimum absolute atomic E-state index is 0.0224. The number of nitro benzene ring substituents is 1. The van der Waals surface area contributed by atoms with Crippen molar-refractivity contribution in [1.82, 2.24) is 5.32 Å². The lowest BCUT2D eigenvalue weighted by atomic mass is 10.1. The fourth-order valence-corrected chi connectivity index (χ4v) is 1.76. The van der Waals surface area contributed by atoms with Crippen molar-refractivity contribution in [3.8, 4) is 0 Å². The van der Waals surface area contributed by atoms with Crippen molar-refractivity contribution >= 4 is 11.6 Å². The van der Waals surface area contributed by atoms with E-state index in [1.165, 1.54) is 6.07 Å². The summed E-state index contributed by atoms with van der Waals surface area (Å²) in [4.78, 5) is 22.2. The second kappa shape index (κ2) is 6.14. The van der Waals surface area contributed by atoms with Gasteiger partial charge in [-0.05, 0) is 26.3 Å². The summed E-state index contributed by atoms with van der Waals surface area (Å²) < 4.78 is 0. The number of hydrogen-bond acceptors (Lipinski definition) is 3. The van der Waals surface area contributed by atoms with Crippen LogP contribution in [0.25, 0.3) is 0 Å². The molecule has 0 saturated carbocycles. The normalized spacial score (nSPS) is 11.9. The summed E-state index contributed by atoms with van der Waals surface area (Å²) in [6.07, 6.45) is 1.87. The van der Waals surface area contributed by atoms with Gasteiger partial charge in [-0.25, -0.2) is 0 Å². The highest BCUT2D eigenvalue weighted by atomic mass is 16.6. The van der Waals surface area contributed by atoms with E-state index in [-0.39, 0.29) is 17.6 Å². The molecule has 18 heavy (non-hydrogen) atoms. The van der Waals surface area contributed by atoms with E-state index in [0.717, 1.165) is 12.8 Å². The van der Waals surface area contributed by atoms with Gasteiger partial charge in [0.15, 0.2) is 0 Å². The molecular weight excluding hydrogens is 232 g/mol. The average molecular weight is 250 g/mol. The van der Waals surface area contributed by atoms with E-state index in [9.17, 15) is 14.9 Å². The molecule has 0 aliphatic rings. The lowest BCUT2D eigenvalue weighted by Crippen LogP contribution is -2.32. The van der Waals surface area contributed by atoms with Crippen LogP contribution < -0.4 is 5.32 Å². The number of carbonyl (C=O) groups is 1. The quantitative estimate of drug-likeness (QED) is 0.645. The molecule has 1 amide bonds. The van der Waals surface area contributed by atoms with E-state index >= 15 is 0 Å². The van der Waals surface area contributed by atoms with Gasteiger partial charge in [-0.1, -0.05) is 19.4 Å². The Morgan fingerprint density at radius 2 is 2.17 bits per heavy atom. The predicted octanol–water partition coefficient (Wildman–Crippen LogP) is 2.82. The van der Waals surface area contributed by atoms with Crippen molar-refractivity contribution in [3.05, 3.63) is 39.4 Å². The first-order valence-corrected chi connectivity index (χ1v) is 6.01. The number of benzene rings is 1. The Morgan fingerprint density at radius 1 is 1.50 bits per heavy atom. The molecule has 1 atom stereocenters. The molecule has 0 fully saturated rings. The third-order valence-electron chi connectivity index (χ3n) is 2.77. The molecule has 0 aromatic heterocycles. The van der Waals surface area contributed by atoms with Crippen LogP contribution in [0.15, 0.2) is 18.2 Å². The molecule has 1 aromatic carbocycles. The fourth-order valence-electron chi connectivity index (χ4n) is 1.76. The van der Waals surface area contributed by atoms with Crippen molar-refractivity contribution in [2.24, 2.45) is 0 Å². The van der Waals surface area contributed by atoms with E-state index in [4.69, 9.17) is 0 Å². The Kier molecular flexibility index (Phi) is 4.83. The Hall–Kier alpha value is -1.91. The fraction of sp³-hybridized carbons (Fsp3) is 0.462. The van der Waals surface area contributed by atoms with Crippen LogP contribution in [-0.2, 0) is 0 Å². The molecule has 0 spiro atoms. The summed E-state index contributed by atoms with van der Waals surface area (Å²) in [7, 11) is 0. The summed E-state index contributed by atoms with van der Waals surface area (Å²) in [5.41, 5.74) is 0.860. The Balaban J connectivity index is 2.87. The molecule has 5 nitrogen and oxygen atoms in total. The third kappa shape index (κ3) is 3.55. The zero-order valence-corrected chi connectivity index (χ0v) is 10.9. The molecular formula is C13H18N2O3.